The van der Waals surface area contributed by atoms with E-state index in [2.05, 4.69) is 9.97 Å². The second kappa shape index (κ2) is 5.99. The SMILES string of the molecule is CC(=O)c1c(C)[nH]c(C(=O)N2CCC[C@H]2c2ccccn2)c1C. The smallest absolute Gasteiger partial charge is 0.271 e. The minimum atomic E-state index is -0.0498. The van der Waals surface area contributed by atoms with E-state index in [0.29, 0.717) is 17.8 Å². The highest BCUT2D eigenvalue weighted by molar-refractivity contribution is 6.02. The lowest BCUT2D eigenvalue weighted by atomic mass is 10.1. The van der Waals surface area contributed by atoms with E-state index in [-0.39, 0.29) is 17.7 Å². The largest absolute Gasteiger partial charge is 0.354 e. The molecular formula is C18H21N3O2. The number of likely N-dealkylation sites (tertiary alicyclic amines) is 1. The summed E-state index contributed by atoms with van der Waals surface area (Å²) in [6, 6.07) is 5.79. The van der Waals surface area contributed by atoms with Crippen LogP contribution in [0.4, 0.5) is 0 Å². The lowest BCUT2D eigenvalue weighted by Gasteiger charge is -2.24. The number of aromatic amines is 1. The highest BCUT2D eigenvalue weighted by Crippen LogP contribution is 2.32. The second-order valence-corrected chi connectivity index (χ2v) is 6.09. The zero-order chi connectivity index (χ0) is 16.6. The molecule has 1 aliphatic rings. The number of ketones is 1. The van der Waals surface area contributed by atoms with Crippen LogP contribution in [-0.4, -0.2) is 33.1 Å². The maximum absolute atomic E-state index is 13.0. The maximum Gasteiger partial charge on any atom is 0.271 e. The minimum absolute atomic E-state index is 0.00693. The molecule has 1 aliphatic heterocycles. The summed E-state index contributed by atoms with van der Waals surface area (Å²) in [6.45, 7) is 5.91. The van der Waals surface area contributed by atoms with Crippen molar-refractivity contribution in [2.45, 2.75) is 39.7 Å². The number of nitrogens with zero attached hydrogens (tertiary/aromatic N) is 2. The van der Waals surface area contributed by atoms with Crippen LogP contribution >= 0.6 is 0 Å². The molecular weight excluding hydrogens is 290 g/mol. The van der Waals surface area contributed by atoms with Gasteiger partial charge in [-0.15, -0.1) is 0 Å². The Balaban J connectivity index is 1.94. The third kappa shape index (κ3) is 2.67. The molecule has 1 atom stereocenters. The molecule has 120 valence electrons. The number of rotatable bonds is 3. The first-order chi connectivity index (χ1) is 11.0. The molecule has 0 radical (unpaired) electrons. The molecule has 2 aromatic heterocycles. The molecule has 0 bridgehead atoms. The van der Waals surface area contributed by atoms with Crippen LogP contribution < -0.4 is 0 Å². The van der Waals surface area contributed by atoms with E-state index in [0.717, 1.165) is 29.8 Å². The van der Waals surface area contributed by atoms with Crippen molar-refractivity contribution in [1.29, 1.82) is 0 Å². The number of H-pyrrole nitrogens is 1. The number of hydrogen-bond acceptors (Lipinski definition) is 3. The average molecular weight is 311 g/mol. The number of hydrogen-bond donors (Lipinski definition) is 1. The van der Waals surface area contributed by atoms with Gasteiger partial charge in [0.15, 0.2) is 5.78 Å². The lowest BCUT2D eigenvalue weighted by Crippen LogP contribution is -2.31. The normalized spacial score (nSPS) is 17.5. The van der Waals surface area contributed by atoms with Crippen LogP contribution in [-0.2, 0) is 0 Å². The predicted molar refractivity (Wildman–Crippen MR) is 87.5 cm³/mol. The van der Waals surface area contributed by atoms with Gasteiger partial charge in [-0.2, -0.15) is 0 Å². The van der Waals surface area contributed by atoms with Gasteiger partial charge in [-0.3, -0.25) is 14.6 Å². The Bertz CT molecular complexity index is 749. The standard InChI is InChI=1S/C18H21N3O2/c1-11-16(13(3)22)12(2)20-17(11)18(23)21-10-6-8-15(21)14-7-4-5-9-19-14/h4-5,7,9,15,20H,6,8,10H2,1-3H3/t15-/m0/s1. The van der Waals surface area contributed by atoms with Crippen LogP contribution in [0.3, 0.4) is 0 Å². The Morgan fingerprint density at radius 3 is 2.70 bits per heavy atom. The summed E-state index contributed by atoms with van der Waals surface area (Å²) in [5.41, 5.74) is 3.57. The maximum atomic E-state index is 13.0. The van der Waals surface area contributed by atoms with Crippen LogP contribution in [0.2, 0.25) is 0 Å². The number of nitrogens with one attached hydrogen (secondary N) is 1. The van der Waals surface area contributed by atoms with Gasteiger partial charge in [-0.1, -0.05) is 6.07 Å². The molecule has 23 heavy (non-hydrogen) atoms. The zero-order valence-electron chi connectivity index (χ0n) is 13.7. The van der Waals surface area contributed by atoms with Crippen molar-refractivity contribution in [2.24, 2.45) is 0 Å². The van der Waals surface area contributed by atoms with Crippen LogP contribution in [0.25, 0.3) is 0 Å². The third-order valence-corrected chi connectivity index (χ3v) is 4.55. The van der Waals surface area contributed by atoms with Crippen LogP contribution in [0, 0.1) is 13.8 Å². The molecule has 0 aliphatic carbocycles. The van der Waals surface area contributed by atoms with E-state index in [1.165, 1.54) is 6.92 Å². The Morgan fingerprint density at radius 1 is 1.30 bits per heavy atom. The summed E-state index contributed by atoms with van der Waals surface area (Å²) < 4.78 is 0. The summed E-state index contributed by atoms with van der Waals surface area (Å²) in [5.74, 6) is -0.0655. The molecule has 3 rings (SSSR count). The monoisotopic (exact) mass is 311 g/mol. The number of pyridine rings is 1. The Kier molecular flexibility index (Phi) is 4.03. The average Bonchev–Trinajstić information content (AvgIpc) is 3.12. The van der Waals surface area contributed by atoms with E-state index in [9.17, 15) is 9.59 Å². The first kappa shape index (κ1) is 15.5. The predicted octanol–water partition coefficient (Wildman–Crippen LogP) is 3.21. The molecule has 1 N–H and O–H groups in total. The van der Waals surface area contributed by atoms with Gasteiger partial charge in [0.25, 0.3) is 5.91 Å². The molecule has 0 aromatic carbocycles. The second-order valence-electron chi connectivity index (χ2n) is 6.09. The van der Waals surface area contributed by atoms with Crippen molar-refractivity contribution in [3.63, 3.8) is 0 Å². The molecule has 2 aromatic rings. The van der Waals surface area contributed by atoms with Crippen molar-refractivity contribution in [3.8, 4) is 0 Å². The van der Waals surface area contributed by atoms with Gasteiger partial charge >= 0.3 is 0 Å². The molecule has 3 heterocycles. The van der Waals surface area contributed by atoms with Gasteiger partial charge < -0.3 is 9.88 Å². The Morgan fingerprint density at radius 2 is 2.09 bits per heavy atom. The van der Waals surface area contributed by atoms with Crippen molar-refractivity contribution >= 4 is 11.7 Å². The molecule has 0 saturated carbocycles. The van der Waals surface area contributed by atoms with E-state index in [1.54, 1.807) is 6.20 Å². The van der Waals surface area contributed by atoms with Crippen molar-refractivity contribution < 1.29 is 9.59 Å². The first-order valence-corrected chi connectivity index (χ1v) is 7.92. The van der Waals surface area contributed by atoms with Gasteiger partial charge in [-0.25, -0.2) is 0 Å². The van der Waals surface area contributed by atoms with Gasteiger partial charge in [-0.05, 0) is 51.3 Å². The van der Waals surface area contributed by atoms with E-state index in [1.807, 2.05) is 36.9 Å². The van der Waals surface area contributed by atoms with E-state index < -0.39 is 0 Å². The topological polar surface area (TPSA) is 66.1 Å². The first-order valence-electron chi connectivity index (χ1n) is 7.92. The van der Waals surface area contributed by atoms with Crippen LogP contribution in [0.15, 0.2) is 24.4 Å². The molecule has 1 saturated heterocycles. The Hall–Kier alpha value is -2.43. The fraction of sp³-hybridized carbons (Fsp3) is 0.389. The van der Waals surface area contributed by atoms with Crippen LogP contribution in [0.5, 0.6) is 0 Å². The Labute approximate surface area is 135 Å². The van der Waals surface area contributed by atoms with Gasteiger partial charge in [0.2, 0.25) is 0 Å². The molecule has 5 nitrogen and oxygen atoms in total. The van der Waals surface area contributed by atoms with Crippen LogP contribution in [0.1, 0.15) is 63.6 Å². The van der Waals surface area contributed by atoms with Crippen molar-refractivity contribution in [2.75, 3.05) is 6.54 Å². The third-order valence-electron chi connectivity index (χ3n) is 4.55. The molecule has 1 amide bonds. The summed E-state index contributed by atoms with van der Waals surface area (Å²) >= 11 is 0. The fourth-order valence-corrected chi connectivity index (χ4v) is 3.53. The molecule has 5 heteroatoms. The van der Waals surface area contributed by atoms with Gasteiger partial charge in [0, 0.05) is 24.0 Å². The number of aryl methyl sites for hydroxylation is 1. The quantitative estimate of drug-likeness (QED) is 0.885. The molecule has 1 fully saturated rings. The molecule has 0 unspecified atom stereocenters. The van der Waals surface area contributed by atoms with Gasteiger partial charge in [0.1, 0.15) is 5.69 Å². The van der Waals surface area contributed by atoms with Crippen molar-refractivity contribution in [3.05, 3.63) is 52.6 Å². The summed E-state index contributed by atoms with van der Waals surface area (Å²) in [7, 11) is 0. The summed E-state index contributed by atoms with van der Waals surface area (Å²) in [4.78, 5) is 34.1. The number of carbonyl (C=O) groups excluding carboxylic acids is 2. The highest BCUT2D eigenvalue weighted by atomic mass is 16.2. The van der Waals surface area contributed by atoms with Gasteiger partial charge in [0.05, 0.1) is 11.7 Å². The fourth-order valence-electron chi connectivity index (χ4n) is 3.53. The number of aromatic nitrogens is 2. The summed E-state index contributed by atoms with van der Waals surface area (Å²) in [6.07, 6.45) is 3.64. The summed E-state index contributed by atoms with van der Waals surface area (Å²) in [5, 5.41) is 0. The number of Topliss-reactive ketones (excluding diaryl/α,β-unsaturated/α-hetero) is 1. The highest BCUT2D eigenvalue weighted by Gasteiger charge is 2.33. The number of carbonyl (C=O) groups is 2. The van der Waals surface area contributed by atoms with Crippen molar-refractivity contribution in [1.82, 2.24) is 14.9 Å². The minimum Gasteiger partial charge on any atom is -0.354 e. The van der Waals surface area contributed by atoms with E-state index in [4.69, 9.17) is 0 Å². The zero-order valence-corrected chi connectivity index (χ0v) is 13.7. The number of amides is 1. The van der Waals surface area contributed by atoms with E-state index >= 15 is 0 Å². The molecule has 0 spiro atoms. The lowest BCUT2D eigenvalue weighted by molar-refractivity contribution is 0.0726.